The highest BCUT2D eigenvalue weighted by Gasteiger charge is 2.76. The summed E-state index contributed by atoms with van der Waals surface area (Å²) >= 11 is 21.4. The zero-order chi connectivity index (χ0) is 12.8. The molecule has 2 atom stereocenters. The van der Waals surface area contributed by atoms with Crippen LogP contribution in [0, 0.1) is 5.41 Å². The summed E-state index contributed by atoms with van der Waals surface area (Å²) in [6, 6.07) is 5.23. The van der Waals surface area contributed by atoms with Crippen LogP contribution in [0.5, 0.6) is 0 Å². The van der Waals surface area contributed by atoms with Crippen molar-refractivity contribution in [3.05, 3.63) is 33.3 Å². The first-order valence-electron chi connectivity index (χ1n) is 4.80. The maximum atomic E-state index is 11.1. The molecule has 1 saturated carbocycles. The summed E-state index contributed by atoms with van der Waals surface area (Å²) in [5.74, 6) is -0.438. The second kappa shape index (κ2) is 4.39. The molecule has 0 amide bonds. The van der Waals surface area contributed by atoms with E-state index >= 15 is 0 Å². The Hall–Kier alpha value is 0.200. The van der Waals surface area contributed by atoms with Crippen LogP contribution in [0.1, 0.15) is 11.5 Å². The zero-order valence-corrected chi connectivity index (χ0v) is 12.3. The van der Waals surface area contributed by atoms with E-state index in [4.69, 9.17) is 34.8 Å². The van der Waals surface area contributed by atoms with Crippen LogP contribution in [-0.4, -0.2) is 22.3 Å². The highest BCUT2D eigenvalue weighted by atomic mass is 79.9. The second-order valence-corrected chi connectivity index (χ2v) is 6.69. The number of alkyl halides is 2. The van der Waals surface area contributed by atoms with Crippen molar-refractivity contribution < 1.29 is 9.90 Å². The maximum absolute atomic E-state index is 11.1. The van der Waals surface area contributed by atoms with Gasteiger partial charge in [0.1, 0.15) is 10.6 Å². The van der Waals surface area contributed by atoms with E-state index in [0.29, 0.717) is 11.3 Å². The lowest BCUT2D eigenvalue weighted by Crippen LogP contribution is -2.16. The van der Waals surface area contributed by atoms with Gasteiger partial charge in [0.25, 0.3) is 0 Å². The van der Waals surface area contributed by atoms with Gasteiger partial charge in [0.15, 0.2) is 0 Å². The minimum atomic E-state index is -1.28. The lowest BCUT2D eigenvalue weighted by molar-refractivity contribution is -0.113. The average Bonchev–Trinajstić information content (AvgIpc) is 2.79. The standard InChI is InChI=1S/C11H8BrCl3O2/c12-7-2-1-6(3-8(7)13)9-10(4-16,5-17)11(9,14)15/h1-4,9,17H,5H2. The molecule has 0 saturated heterocycles. The first-order valence-corrected chi connectivity index (χ1v) is 6.73. The van der Waals surface area contributed by atoms with Crippen molar-refractivity contribution in [3.63, 3.8) is 0 Å². The van der Waals surface area contributed by atoms with Gasteiger partial charge in [-0.05, 0) is 33.6 Å². The topological polar surface area (TPSA) is 37.3 Å². The summed E-state index contributed by atoms with van der Waals surface area (Å²) in [7, 11) is 0. The fraction of sp³-hybridized carbons (Fsp3) is 0.364. The van der Waals surface area contributed by atoms with E-state index < -0.39 is 15.7 Å². The number of carbonyl (C=O) groups excluding carboxylic acids is 1. The fourth-order valence-corrected chi connectivity index (χ4v) is 3.45. The Balaban J connectivity index is 2.43. The molecule has 0 radical (unpaired) electrons. The van der Waals surface area contributed by atoms with Gasteiger partial charge in [0.05, 0.1) is 17.0 Å². The molecule has 0 heterocycles. The Morgan fingerprint density at radius 2 is 2.12 bits per heavy atom. The van der Waals surface area contributed by atoms with Crippen LogP contribution in [0.4, 0.5) is 0 Å². The minimum absolute atomic E-state index is 0.387. The predicted octanol–water partition coefficient (Wildman–Crippen LogP) is 3.55. The molecular weight excluding hydrogens is 350 g/mol. The molecule has 0 bridgehead atoms. The Morgan fingerprint density at radius 3 is 2.53 bits per heavy atom. The van der Waals surface area contributed by atoms with E-state index in [9.17, 15) is 9.90 Å². The van der Waals surface area contributed by atoms with Crippen molar-refractivity contribution in [3.8, 4) is 0 Å². The van der Waals surface area contributed by atoms with Crippen molar-refractivity contribution in [1.29, 1.82) is 0 Å². The SMILES string of the molecule is O=CC1(CO)C(c2ccc(Br)c(Cl)c2)C1(Cl)Cl. The number of aliphatic hydroxyl groups excluding tert-OH is 1. The molecule has 0 spiro atoms. The highest BCUT2D eigenvalue weighted by Crippen LogP contribution is 2.72. The first-order chi connectivity index (χ1) is 7.90. The number of halogens is 4. The largest absolute Gasteiger partial charge is 0.395 e. The summed E-state index contributed by atoms with van der Waals surface area (Å²) in [6.07, 6.45) is 0.619. The molecule has 1 aliphatic carbocycles. The summed E-state index contributed by atoms with van der Waals surface area (Å²) in [5, 5.41) is 9.82. The number of benzene rings is 1. The van der Waals surface area contributed by atoms with Crippen LogP contribution in [0.25, 0.3) is 0 Å². The molecule has 1 aromatic carbocycles. The molecule has 0 aliphatic heterocycles. The van der Waals surface area contributed by atoms with Crippen molar-refractivity contribution in [2.45, 2.75) is 10.3 Å². The number of hydrogen-bond donors (Lipinski definition) is 1. The molecule has 2 rings (SSSR count). The minimum Gasteiger partial charge on any atom is -0.395 e. The van der Waals surface area contributed by atoms with Crippen molar-refractivity contribution in [1.82, 2.24) is 0 Å². The smallest absolute Gasteiger partial charge is 0.141 e. The number of rotatable bonds is 3. The van der Waals surface area contributed by atoms with Gasteiger partial charge in [-0.25, -0.2) is 0 Å². The van der Waals surface area contributed by atoms with E-state index in [1.54, 1.807) is 18.2 Å². The molecule has 1 aliphatic rings. The highest BCUT2D eigenvalue weighted by molar-refractivity contribution is 9.10. The number of aliphatic hydroxyl groups is 1. The van der Waals surface area contributed by atoms with Gasteiger partial charge in [-0.15, -0.1) is 0 Å². The lowest BCUT2D eigenvalue weighted by atomic mass is 10.0. The Kier molecular flexibility index (Phi) is 3.52. The molecule has 1 N–H and O–H groups in total. The van der Waals surface area contributed by atoms with E-state index in [1.807, 2.05) is 0 Å². The third-order valence-electron chi connectivity index (χ3n) is 3.16. The molecule has 0 aromatic heterocycles. The Labute approximate surface area is 122 Å². The van der Waals surface area contributed by atoms with Crippen molar-refractivity contribution in [2.75, 3.05) is 6.61 Å². The zero-order valence-electron chi connectivity index (χ0n) is 8.46. The molecular formula is C11H8BrCl3O2. The van der Waals surface area contributed by atoms with Crippen molar-refractivity contribution >= 4 is 57.0 Å². The van der Waals surface area contributed by atoms with Crippen LogP contribution in [-0.2, 0) is 4.79 Å². The van der Waals surface area contributed by atoms with Gasteiger partial charge in [0.2, 0.25) is 0 Å². The van der Waals surface area contributed by atoms with Crippen LogP contribution in [0.3, 0.4) is 0 Å². The molecule has 17 heavy (non-hydrogen) atoms. The van der Waals surface area contributed by atoms with E-state index in [1.165, 1.54) is 0 Å². The monoisotopic (exact) mass is 356 g/mol. The fourth-order valence-electron chi connectivity index (χ4n) is 2.06. The third-order valence-corrected chi connectivity index (χ3v) is 5.54. The number of carbonyl (C=O) groups is 1. The second-order valence-electron chi connectivity index (χ2n) is 4.05. The van der Waals surface area contributed by atoms with Crippen molar-refractivity contribution in [2.24, 2.45) is 5.41 Å². The molecule has 1 aromatic rings. The molecule has 2 unspecified atom stereocenters. The van der Waals surface area contributed by atoms with Crippen LogP contribution in [0.15, 0.2) is 22.7 Å². The molecule has 92 valence electrons. The summed E-state index contributed by atoms with van der Waals surface area (Å²) < 4.78 is -0.528. The van der Waals surface area contributed by atoms with E-state index in [0.717, 1.165) is 10.0 Å². The first kappa shape index (κ1) is 13.6. The summed E-state index contributed by atoms with van der Waals surface area (Å²) in [5.41, 5.74) is -0.392. The van der Waals surface area contributed by atoms with Gasteiger partial charge < -0.3 is 9.90 Å². The molecule has 2 nitrogen and oxygen atoms in total. The van der Waals surface area contributed by atoms with Gasteiger partial charge in [-0.2, -0.15) is 0 Å². The van der Waals surface area contributed by atoms with Gasteiger partial charge in [0, 0.05) is 10.4 Å². The van der Waals surface area contributed by atoms with Gasteiger partial charge in [-0.1, -0.05) is 40.9 Å². The summed E-state index contributed by atoms with van der Waals surface area (Å²) in [6.45, 7) is -0.387. The predicted molar refractivity (Wildman–Crippen MR) is 71.9 cm³/mol. The Bertz CT molecular complexity index is 478. The van der Waals surface area contributed by atoms with Crippen LogP contribution in [0.2, 0.25) is 5.02 Å². The van der Waals surface area contributed by atoms with Crippen LogP contribution < -0.4 is 0 Å². The average molecular weight is 358 g/mol. The quantitative estimate of drug-likeness (QED) is 0.663. The molecule has 1 fully saturated rings. The van der Waals surface area contributed by atoms with E-state index in [-0.39, 0.29) is 6.61 Å². The molecule has 6 heteroatoms. The van der Waals surface area contributed by atoms with Gasteiger partial charge >= 0.3 is 0 Å². The number of aldehydes is 1. The third kappa shape index (κ3) is 1.83. The van der Waals surface area contributed by atoms with Gasteiger partial charge in [-0.3, -0.25) is 0 Å². The lowest BCUT2D eigenvalue weighted by Gasteiger charge is -2.05. The van der Waals surface area contributed by atoms with Crippen LogP contribution >= 0.6 is 50.7 Å². The number of hydrogen-bond acceptors (Lipinski definition) is 2. The Morgan fingerprint density at radius 1 is 1.47 bits per heavy atom. The summed E-state index contributed by atoms with van der Waals surface area (Å²) in [4.78, 5) is 11.1. The normalized spacial score (nSPS) is 30.1. The maximum Gasteiger partial charge on any atom is 0.141 e. The van der Waals surface area contributed by atoms with E-state index in [2.05, 4.69) is 15.9 Å².